The average Bonchev–Trinajstić information content (AvgIpc) is 3.02. The van der Waals surface area contributed by atoms with Crippen LogP contribution in [0.5, 0.6) is 5.75 Å². The van der Waals surface area contributed by atoms with E-state index < -0.39 is 4.92 Å². The Morgan fingerprint density at radius 1 is 1.16 bits per heavy atom. The maximum atomic E-state index is 10.9. The van der Waals surface area contributed by atoms with Crippen molar-refractivity contribution in [1.29, 1.82) is 0 Å². The molecule has 1 heterocycles. The number of aromatic nitrogens is 1. The molecular weight excluding hydrogens is 338 g/mol. The van der Waals surface area contributed by atoms with E-state index in [1.807, 2.05) is 30.3 Å². The lowest BCUT2D eigenvalue weighted by molar-refractivity contribution is -0.384. The number of nitro groups is 1. The van der Waals surface area contributed by atoms with E-state index in [-0.39, 0.29) is 11.4 Å². The Bertz CT molecular complexity index is 1150. The van der Waals surface area contributed by atoms with Crippen molar-refractivity contribution in [3.63, 3.8) is 0 Å². The fourth-order valence-electron chi connectivity index (χ4n) is 2.61. The largest absolute Gasteiger partial charge is 0.507 e. The van der Waals surface area contributed by atoms with E-state index in [2.05, 4.69) is 9.98 Å². The Morgan fingerprint density at radius 2 is 2.00 bits per heavy atom. The van der Waals surface area contributed by atoms with Gasteiger partial charge in [0.1, 0.15) is 5.75 Å². The second-order valence-corrected chi connectivity index (χ2v) is 6.39. The zero-order valence-electron chi connectivity index (χ0n) is 12.8. The molecule has 0 aliphatic heterocycles. The van der Waals surface area contributed by atoms with E-state index in [9.17, 15) is 15.2 Å². The van der Waals surface area contributed by atoms with Gasteiger partial charge in [0.2, 0.25) is 5.13 Å². The van der Waals surface area contributed by atoms with Crippen LogP contribution >= 0.6 is 11.3 Å². The number of aliphatic imine (C=N–C) groups is 1. The van der Waals surface area contributed by atoms with Gasteiger partial charge in [-0.25, -0.2) is 9.98 Å². The number of phenols is 1. The second kappa shape index (κ2) is 5.95. The van der Waals surface area contributed by atoms with Crippen molar-refractivity contribution in [1.82, 2.24) is 4.98 Å². The van der Waals surface area contributed by atoms with Crippen molar-refractivity contribution in [3.05, 3.63) is 70.3 Å². The van der Waals surface area contributed by atoms with Crippen molar-refractivity contribution in [2.75, 3.05) is 0 Å². The maximum Gasteiger partial charge on any atom is 0.270 e. The summed E-state index contributed by atoms with van der Waals surface area (Å²) in [6, 6.07) is 15.7. The van der Waals surface area contributed by atoms with Crippen molar-refractivity contribution in [2.45, 2.75) is 0 Å². The van der Waals surface area contributed by atoms with Gasteiger partial charge in [0, 0.05) is 23.9 Å². The summed E-state index contributed by atoms with van der Waals surface area (Å²) in [5.74, 6) is 0.138. The minimum Gasteiger partial charge on any atom is -0.507 e. The highest BCUT2D eigenvalue weighted by molar-refractivity contribution is 7.22. The third-order valence-corrected chi connectivity index (χ3v) is 4.75. The number of hydrogen-bond acceptors (Lipinski definition) is 6. The van der Waals surface area contributed by atoms with Gasteiger partial charge in [-0.3, -0.25) is 10.1 Å². The highest BCUT2D eigenvalue weighted by Gasteiger charge is 2.10. The molecule has 0 aliphatic carbocycles. The Morgan fingerprint density at radius 3 is 2.84 bits per heavy atom. The van der Waals surface area contributed by atoms with Gasteiger partial charge < -0.3 is 5.11 Å². The van der Waals surface area contributed by atoms with E-state index in [0.29, 0.717) is 20.9 Å². The third-order valence-electron chi connectivity index (χ3n) is 3.82. The van der Waals surface area contributed by atoms with Gasteiger partial charge in [-0.1, -0.05) is 41.7 Å². The van der Waals surface area contributed by atoms with E-state index in [1.165, 1.54) is 23.5 Å². The molecule has 0 aliphatic rings. The molecule has 1 N–H and O–H groups in total. The third kappa shape index (κ3) is 2.81. The first kappa shape index (κ1) is 15.2. The summed E-state index contributed by atoms with van der Waals surface area (Å²) in [7, 11) is 0. The van der Waals surface area contributed by atoms with Gasteiger partial charge >= 0.3 is 0 Å². The number of hydrogen-bond donors (Lipinski definition) is 1. The summed E-state index contributed by atoms with van der Waals surface area (Å²) in [5, 5.41) is 23.4. The molecule has 0 atom stereocenters. The number of nitro benzene ring substituents is 1. The monoisotopic (exact) mass is 349 g/mol. The smallest absolute Gasteiger partial charge is 0.270 e. The van der Waals surface area contributed by atoms with Crippen molar-refractivity contribution in [2.24, 2.45) is 4.99 Å². The molecule has 25 heavy (non-hydrogen) atoms. The first-order valence-electron chi connectivity index (χ1n) is 7.41. The van der Waals surface area contributed by atoms with Crippen molar-refractivity contribution in [3.8, 4) is 5.75 Å². The van der Waals surface area contributed by atoms with Crippen LogP contribution in [0.25, 0.3) is 21.0 Å². The standard InChI is InChI=1S/C18H11N3O3S/c22-16-8-5-11-3-1-2-4-13(11)14(16)10-19-18-20-15-7-6-12(21(23)24)9-17(15)25-18/h1-10,22H. The first-order valence-corrected chi connectivity index (χ1v) is 8.23. The molecule has 0 amide bonds. The van der Waals surface area contributed by atoms with Crippen LogP contribution in [0.4, 0.5) is 10.8 Å². The van der Waals surface area contributed by atoms with E-state index in [1.54, 1.807) is 18.3 Å². The van der Waals surface area contributed by atoms with E-state index in [0.717, 1.165) is 10.8 Å². The van der Waals surface area contributed by atoms with Gasteiger partial charge in [-0.2, -0.15) is 0 Å². The molecule has 4 rings (SSSR count). The van der Waals surface area contributed by atoms with Crippen LogP contribution in [0.1, 0.15) is 5.56 Å². The topological polar surface area (TPSA) is 88.6 Å². The highest BCUT2D eigenvalue weighted by atomic mass is 32.1. The maximum absolute atomic E-state index is 10.9. The van der Waals surface area contributed by atoms with Crippen LogP contribution < -0.4 is 0 Å². The molecule has 0 saturated carbocycles. The lowest BCUT2D eigenvalue weighted by Crippen LogP contribution is -1.86. The van der Waals surface area contributed by atoms with Crippen LogP contribution in [0.15, 0.2) is 59.6 Å². The van der Waals surface area contributed by atoms with Gasteiger partial charge in [0.25, 0.3) is 5.69 Å². The van der Waals surface area contributed by atoms with Crippen molar-refractivity contribution >= 4 is 49.4 Å². The van der Waals surface area contributed by atoms with Gasteiger partial charge in [0.15, 0.2) is 0 Å². The molecule has 122 valence electrons. The quantitative estimate of drug-likeness (QED) is 0.326. The number of benzene rings is 3. The lowest BCUT2D eigenvalue weighted by Gasteiger charge is -2.03. The SMILES string of the molecule is O=[N+]([O-])c1ccc2nc(N=Cc3c(O)ccc4ccccc34)sc2c1. The minimum atomic E-state index is -0.434. The van der Waals surface area contributed by atoms with Crippen LogP contribution in [0.2, 0.25) is 0 Å². The van der Waals surface area contributed by atoms with Crippen LogP contribution in [0.3, 0.4) is 0 Å². The van der Waals surface area contributed by atoms with Crippen LogP contribution in [-0.2, 0) is 0 Å². The van der Waals surface area contributed by atoms with Gasteiger partial charge in [-0.05, 0) is 22.9 Å². The number of rotatable bonds is 3. The summed E-state index contributed by atoms with van der Waals surface area (Å²) in [6.45, 7) is 0. The summed E-state index contributed by atoms with van der Waals surface area (Å²) >= 11 is 1.26. The number of thiazole rings is 1. The zero-order chi connectivity index (χ0) is 17.4. The molecule has 3 aromatic carbocycles. The molecule has 0 saturated heterocycles. The molecule has 4 aromatic rings. The molecule has 0 radical (unpaired) electrons. The number of non-ortho nitro benzene ring substituents is 1. The number of nitrogens with zero attached hydrogens (tertiary/aromatic N) is 3. The molecule has 0 bridgehead atoms. The number of fused-ring (bicyclic) bond motifs is 2. The summed E-state index contributed by atoms with van der Waals surface area (Å²) in [6.07, 6.45) is 1.57. The summed E-state index contributed by atoms with van der Waals surface area (Å²) in [4.78, 5) is 19.1. The summed E-state index contributed by atoms with van der Waals surface area (Å²) in [5.41, 5.74) is 1.30. The molecule has 0 fully saturated rings. The second-order valence-electron chi connectivity index (χ2n) is 5.38. The van der Waals surface area contributed by atoms with Gasteiger partial charge in [-0.15, -0.1) is 0 Å². The van der Waals surface area contributed by atoms with Gasteiger partial charge in [0.05, 0.1) is 15.1 Å². The molecule has 0 unspecified atom stereocenters. The Hall–Kier alpha value is -3.32. The molecular formula is C18H11N3O3S. The molecule has 6 nitrogen and oxygen atoms in total. The predicted octanol–water partition coefficient (Wildman–Crippen LogP) is 4.81. The van der Waals surface area contributed by atoms with Crippen LogP contribution in [-0.4, -0.2) is 21.2 Å². The fraction of sp³-hybridized carbons (Fsp3) is 0. The number of aromatic hydroxyl groups is 1. The predicted molar refractivity (Wildman–Crippen MR) is 99.1 cm³/mol. The zero-order valence-corrected chi connectivity index (χ0v) is 13.6. The Balaban J connectivity index is 1.76. The average molecular weight is 349 g/mol. The van der Waals surface area contributed by atoms with Crippen LogP contribution in [0, 0.1) is 10.1 Å². The number of phenolic OH excluding ortho intramolecular Hbond substituents is 1. The molecule has 7 heteroatoms. The lowest BCUT2D eigenvalue weighted by atomic mass is 10.0. The van der Waals surface area contributed by atoms with Crippen molar-refractivity contribution < 1.29 is 10.0 Å². The highest BCUT2D eigenvalue weighted by Crippen LogP contribution is 2.31. The van der Waals surface area contributed by atoms with E-state index in [4.69, 9.17) is 0 Å². The normalized spacial score (nSPS) is 11.5. The first-order chi connectivity index (χ1) is 12.1. The minimum absolute atomic E-state index is 0.0263. The molecule has 0 spiro atoms. The summed E-state index contributed by atoms with van der Waals surface area (Å²) < 4.78 is 0.698. The molecule has 1 aromatic heterocycles. The fourth-order valence-corrected chi connectivity index (χ4v) is 3.45. The Labute approximate surface area is 145 Å². The van der Waals surface area contributed by atoms with E-state index >= 15 is 0 Å². The Kier molecular flexibility index (Phi) is 3.62.